The molecule has 1 N–H and O–H groups in total. The molecule has 1 aliphatic carbocycles. The summed E-state index contributed by atoms with van der Waals surface area (Å²) >= 11 is 0. The average Bonchev–Trinajstić information content (AvgIpc) is 2.46. The Morgan fingerprint density at radius 3 is 2.52 bits per heavy atom. The standard InChI is InChI=1S/C16H26O5/c1-5-15(18)21-14-7-6-12(8-13(14)17)9-20-16(19)11(4)10(2)3/h5,10-14,17H,1,6-9H2,2-4H3. The lowest BCUT2D eigenvalue weighted by molar-refractivity contribution is -0.156. The van der Waals surface area contributed by atoms with Gasteiger partial charge in [0.05, 0.1) is 18.6 Å². The summed E-state index contributed by atoms with van der Waals surface area (Å²) in [6, 6.07) is 0. The summed E-state index contributed by atoms with van der Waals surface area (Å²) in [6.07, 6.45) is 1.69. The number of carbonyl (C=O) groups is 2. The first-order valence-corrected chi connectivity index (χ1v) is 7.52. The summed E-state index contributed by atoms with van der Waals surface area (Å²) < 4.78 is 10.4. The molecule has 0 radical (unpaired) electrons. The van der Waals surface area contributed by atoms with Gasteiger partial charge in [-0.15, -0.1) is 0 Å². The second kappa shape index (κ2) is 8.17. The van der Waals surface area contributed by atoms with Gasteiger partial charge in [-0.05, 0) is 31.1 Å². The van der Waals surface area contributed by atoms with Crippen molar-refractivity contribution in [3.63, 3.8) is 0 Å². The highest BCUT2D eigenvalue weighted by atomic mass is 16.6. The molecule has 1 aliphatic rings. The van der Waals surface area contributed by atoms with Crippen molar-refractivity contribution in [3.8, 4) is 0 Å². The Hall–Kier alpha value is -1.36. The van der Waals surface area contributed by atoms with E-state index in [9.17, 15) is 14.7 Å². The van der Waals surface area contributed by atoms with Crippen molar-refractivity contribution >= 4 is 11.9 Å². The van der Waals surface area contributed by atoms with Gasteiger partial charge in [0.15, 0.2) is 0 Å². The Morgan fingerprint density at radius 1 is 1.33 bits per heavy atom. The molecule has 0 aromatic carbocycles. The number of hydrogen-bond acceptors (Lipinski definition) is 5. The summed E-state index contributed by atoms with van der Waals surface area (Å²) in [7, 11) is 0. The normalized spacial score (nSPS) is 27.0. The first-order valence-electron chi connectivity index (χ1n) is 7.52. The third-order valence-electron chi connectivity index (χ3n) is 4.13. The van der Waals surface area contributed by atoms with Crippen LogP contribution in [0.25, 0.3) is 0 Å². The summed E-state index contributed by atoms with van der Waals surface area (Å²) in [6.45, 7) is 9.46. The van der Waals surface area contributed by atoms with Gasteiger partial charge in [-0.25, -0.2) is 4.79 Å². The fourth-order valence-electron chi connectivity index (χ4n) is 2.29. The maximum absolute atomic E-state index is 11.8. The molecule has 4 unspecified atom stereocenters. The van der Waals surface area contributed by atoms with Crippen molar-refractivity contribution in [2.75, 3.05) is 6.61 Å². The molecule has 5 heteroatoms. The molecule has 5 nitrogen and oxygen atoms in total. The zero-order chi connectivity index (χ0) is 16.0. The van der Waals surface area contributed by atoms with Crippen LogP contribution >= 0.6 is 0 Å². The number of esters is 2. The van der Waals surface area contributed by atoms with Crippen LogP contribution in [0.2, 0.25) is 0 Å². The first-order chi connectivity index (χ1) is 9.85. The Labute approximate surface area is 126 Å². The number of rotatable bonds is 6. The van der Waals surface area contributed by atoms with Crippen molar-refractivity contribution in [3.05, 3.63) is 12.7 Å². The minimum atomic E-state index is -0.714. The molecule has 0 aromatic rings. The van der Waals surface area contributed by atoms with Crippen LogP contribution in [0.5, 0.6) is 0 Å². The van der Waals surface area contributed by atoms with Crippen LogP contribution in [0.4, 0.5) is 0 Å². The van der Waals surface area contributed by atoms with Gasteiger partial charge < -0.3 is 14.6 Å². The smallest absolute Gasteiger partial charge is 0.330 e. The molecule has 4 atom stereocenters. The molecule has 1 saturated carbocycles. The van der Waals surface area contributed by atoms with Gasteiger partial charge in [0.1, 0.15) is 6.10 Å². The van der Waals surface area contributed by atoms with Crippen molar-refractivity contribution in [2.45, 2.75) is 52.2 Å². The molecule has 0 heterocycles. The van der Waals surface area contributed by atoms with E-state index in [1.165, 1.54) is 0 Å². The summed E-state index contributed by atoms with van der Waals surface area (Å²) in [5.41, 5.74) is 0. The lowest BCUT2D eigenvalue weighted by Gasteiger charge is -2.32. The number of aliphatic hydroxyl groups is 1. The Bertz CT molecular complexity index is 377. The van der Waals surface area contributed by atoms with Gasteiger partial charge in [0, 0.05) is 6.08 Å². The van der Waals surface area contributed by atoms with E-state index in [0.29, 0.717) is 19.4 Å². The van der Waals surface area contributed by atoms with Crippen LogP contribution < -0.4 is 0 Å². The van der Waals surface area contributed by atoms with E-state index >= 15 is 0 Å². The van der Waals surface area contributed by atoms with E-state index in [4.69, 9.17) is 9.47 Å². The number of aliphatic hydroxyl groups excluding tert-OH is 1. The van der Waals surface area contributed by atoms with Crippen LogP contribution in [-0.2, 0) is 19.1 Å². The fourth-order valence-corrected chi connectivity index (χ4v) is 2.29. The highest BCUT2D eigenvalue weighted by Crippen LogP contribution is 2.27. The van der Waals surface area contributed by atoms with E-state index < -0.39 is 18.2 Å². The Morgan fingerprint density at radius 2 is 2.00 bits per heavy atom. The first kappa shape index (κ1) is 17.7. The molecule has 0 saturated heterocycles. The van der Waals surface area contributed by atoms with Crippen LogP contribution in [0, 0.1) is 17.8 Å². The minimum absolute atomic E-state index is 0.113. The molecule has 0 amide bonds. The highest BCUT2D eigenvalue weighted by molar-refractivity contribution is 5.81. The van der Waals surface area contributed by atoms with Crippen LogP contribution in [0.1, 0.15) is 40.0 Å². The predicted molar refractivity (Wildman–Crippen MR) is 78.4 cm³/mol. The van der Waals surface area contributed by atoms with Gasteiger partial charge in [-0.1, -0.05) is 27.4 Å². The van der Waals surface area contributed by atoms with E-state index in [1.54, 1.807) is 0 Å². The third-order valence-corrected chi connectivity index (χ3v) is 4.13. The van der Waals surface area contributed by atoms with E-state index in [2.05, 4.69) is 6.58 Å². The predicted octanol–water partition coefficient (Wildman–Crippen LogP) is 2.08. The van der Waals surface area contributed by atoms with E-state index in [-0.39, 0.29) is 23.7 Å². The number of ether oxygens (including phenoxy) is 2. The largest absolute Gasteiger partial charge is 0.465 e. The van der Waals surface area contributed by atoms with E-state index in [0.717, 1.165) is 12.5 Å². The Balaban J connectivity index is 2.36. The van der Waals surface area contributed by atoms with Crippen molar-refractivity contribution in [1.82, 2.24) is 0 Å². The second-order valence-corrected chi connectivity index (χ2v) is 6.09. The van der Waals surface area contributed by atoms with Gasteiger partial charge in [0.25, 0.3) is 0 Å². The lowest BCUT2D eigenvalue weighted by Crippen LogP contribution is -2.38. The van der Waals surface area contributed by atoms with Crippen LogP contribution in [-0.4, -0.2) is 35.9 Å². The van der Waals surface area contributed by atoms with Gasteiger partial charge >= 0.3 is 11.9 Å². The molecule has 0 aliphatic heterocycles. The molecule has 120 valence electrons. The summed E-state index contributed by atoms with van der Waals surface area (Å²) in [5, 5.41) is 9.99. The molecule has 1 rings (SSSR count). The maximum atomic E-state index is 11.8. The highest BCUT2D eigenvalue weighted by Gasteiger charge is 2.32. The molecule has 0 aromatic heterocycles. The molecule has 21 heavy (non-hydrogen) atoms. The van der Waals surface area contributed by atoms with Crippen LogP contribution in [0.3, 0.4) is 0 Å². The average molecular weight is 298 g/mol. The topological polar surface area (TPSA) is 72.8 Å². The molecular formula is C16H26O5. The monoisotopic (exact) mass is 298 g/mol. The van der Waals surface area contributed by atoms with Crippen molar-refractivity contribution < 1.29 is 24.2 Å². The van der Waals surface area contributed by atoms with Gasteiger partial charge in [-0.2, -0.15) is 0 Å². The molecular weight excluding hydrogens is 272 g/mol. The maximum Gasteiger partial charge on any atom is 0.330 e. The quantitative estimate of drug-likeness (QED) is 0.600. The number of hydrogen-bond donors (Lipinski definition) is 1. The zero-order valence-corrected chi connectivity index (χ0v) is 13.1. The molecule has 0 spiro atoms. The van der Waals surface area contributed by atoms with Crippen molar-refractivity contribution in [2.24, 2.45) is 17.8 Å². The minimum Gasteiger partial charge on any atom is -0.465 e. The fraction of sp³-hybridized carbons (Fsp3) is 0.750. The lowest BCUT2D eigenvalue weighted by atomic mass is 9.85. The van der Waals surface area contributed by atoms with Gasteiger partial charge in [0.2, 0.25) is 0 Å². The molecule has 0 bridgehead atoms. The Kier molecular flexibility index (Phi) is 6.89. The molecule has 1 fully saturated rings. The summed E-state index contributed by atoms with van der Waals surface area (Å²) in [4.78, 5) is 22.9. The van der Waals surface area contributed by atoms with Crippen LogP contribution in [0.15, 0.2) is 12.7 Å². The zero-order valence-electron chi connectivity index (χ0n) is 13.1. The number of carbonyl (C=O) groups excluding carboxylic acids is 2. The SMILES string of the molecule is C=CC(=O)OC1CCC(COC(=O)C(C)C(C)C)CC1O. The third kappa shape index (κ3) is 5.50. The van der Waals surface area contributed by atoms with Gasteiger partial charge in [-0.3, -0.25) is 4.79 Å². The second-order valence-electron chi connectivity index (χ2n) is 6.09. The summed E-state index contributed by atoms with van der Waals surface area (Å²) in [5.74, 6) is -0.478. The van der Waals surface area contributed by atoms with E-state index in [1.807, 2.05) is 20.8 Å². The van der Waals surface area contributed by atoms with Crippen molar-refractivity contribution in [1.29, 1.82) is 0 Å².